The van der Waals surface area contributed by atoms with Gasteiger partial charge in [0.1, 0.15) is 23.9 Å². The van der Waals surface area contributed by atoms with Crippen molar-refractivity contribution in [2.75, 3.05) is 11.9 Å². The van der Waals surface area contributed by atoms with E-state index in [1.807, 2.05) is 24.3 Å². The maximum Gasteiger partial charge on any atom is 0.326 e. The number of H-pyrrole nitrogens is 1. The number of nitrogens with one attached hydrogen (secondary N) is 4. The second kappa shape index (κ2) is 12.9. The van der Waals surface area contributed by atoms with Gasteiger partial charge in [-0.05, 0) is 67.8 Å². The number of carbonyl (C=O) groups is 5. The van der Waals surface area contributed by atoms with E-state index in [2.05, 4.69) is 20.9 Å². The molecule has 0 bridgehead atoms. The van der Waals surface area contributed by atoms with Gasteiger partial charge in [-0.1, -0.05) is 18.2 Å². The topological polar surface area (TPSA) is 174 Å². The Kier molecular flexibility index (Phi) is 8.79. The Hall–Kier alpha value is -5.39. The number of hydrogen-bond donors (Lipinski definition) is 5. The van der Waals surface area contributed by atoms with Gasteiger partial charge in [0.2, 0.25) is 17.7 Å². The number of para-hydroxylation sites is 1. The highest BCUT2D eigenvalue weighted by atomic mass is 16.4. The van der Waals surface area contributed by atoms with Crippen LogP contribution in [-0.2, 0) is 25.6 Å². The first-order chi connectivity index (χ1) is 21.1. The number of carbonyl (C=O) groups excluding carboxylic acids is 4. The Balaban J connectivity index is 1.19. The summed E-state index contributed by atoms with van der Waals surface area (Å²) in [5.74, 6) is -2.55. The van der Waals surface area contributed by atoms with E-state index in [0.717, 1.165) is 16.5 Å². The molecule has 12 nitrogen and oxygen atoms in total. The van der Waals surface area contributed by atoms with Crippen LogP contribution in [0, 0.1) is 0 Å². The Morgan fingerprint density at radius 2 is 1.77 bits per heavy atom. The SMILES string of the molecule is CC(=O)Nc1ccc(-c2ccc(C(=O)N[C@@H](C)C(=O)N3CCC[C@H]3C(=O)N[C@@H](Cc3c[nH]c4ccccc34)C(=O)O)o2)cc1. The molecule has 3 atom stereocenters. The number of rotatable bonds is 10. The number of likely N-dealkylation sites (tertiary alicyclic amines) is 1. The summed E-state index contributed by atoms with van der Waals surface area (Å²) in [5, 5.41) is 18.6. The molecule has 0 aliphatic carbocycles. The molecule has 1 aliphatic rings. The van der Waals surface area contributed by atoms with E-state index in [1.165, 1.54) is 24.8 Å². The van der Waals surface area contributed by atoms with Crippen LogP contribution in [0.15, 0.2) is 71.3 Å². The second-order valence-corrected chi connectivity index (χ2v) is 10.8. The lowest BCUT2D eigenvalue weighted by Crippen LogP contribution is -2.55. The van der Waals surface area contributed by atoms with Gasteiger partial charge in [0.25, 0.3) is 5.91 Å². The average Bonchev–Trinajstić information content (AvgIpc) is 3.77. The number of amides is 4. The summed E-state index contributed by atoms with van der Waals surface area (Å²) < 4.78 is 5.71. The standard InChI is InChI=1S/C32H33N5O7/c1-18(34-30(40)28-14-13-27(44-28)20-9-11-22(12-10-20)35-19(2)38)31(41)37-15-5-8-26(37)29(39)36-25(32(42)43)16-21-17-33-24-7-4-3-6-23(21)24/h3-4,6-7,9-14,17-18,25-26,33H,5,8,15-16H2,1-2H3,(H,34,40)(H,35,38)(H,36,39)(H,42,43)/t18-,25-,26-/m0/s1. The van der Waals surface area contributed by atoms with Crippen molar-refractivity contribution < 1.29 is 33.5 Å². The predicted molar refractivity (Wildman–Crippen MR) is 162 cm³/mol. The maximum atomic E-state index is 13.3. The minimum Gasteiger partial charge on any atom is -0.480 e. The summed E-state index contributed by atoms with van der Waals surface area (Å²) in [4.78, 5) is 67.3. The van der Waals surface area contributed by atoms with Crippen LogP contribution in [0.25, 0.3) is 22.2 Å². The number of hydrogen-bond acceptors (Lipinski definition) is 6. The molecule has 2 aromatic heterocycles. The number of nitrogens with zero attached hydrogens (tertiary/aromatic N) is 1. The Bertz CT molecular complexity index is 1710. The first-order valence-corrected chi connectivity index (χ1v) is 14.3. The summed E-state index contributed by atoms with van der Waals surface area (Å²) >= 11 is 0. The number of carboxylic acid groups (broad SMARTS) is 1. The van der Waals surface area contributed by atoms with Gasteiger partial charge in [-0.15, -0.1) is 0 Å². The molecule has 4 amide bonds. The molecular formula is C32H33N5O7. The van der Waals surface area contributed by atoms with Crippen molar-refractivity contribution in [3.05, 3.63) is 78.2 Å². The second-order valence-electron chi connectivity index (χ2n) is 10.8. The molecule has 44 heavy (non-hydrogen) atoms. The van der Waals surface area contributed by atoms with E-state index in [1.54, 1.807) is 36.5 Å². The van der Waals surface area contributed by atoms with Crippen LogP contribution >= 0.6 is 0 Å². The lowest BCUT2D eigenvalue weighted by atomic mass is 10.0. The summed E-state index contributed by atoms with van der Waals surface area (Å²) in [6.45, 7) is 3.24. The monoisotopic (exact) mass is 599 g/mol. The van der Waals surface area contributed by atoms with Gasteiger partial charge < -0.3 is 35.4 Å². The van der Waals surface area contributed by atoms with Crippen molar-refractivity contribution in [1.29, 1.82) is 0 Å². The minimum absolute atomic E-state index is 0.00267. The van der Waals surface area contributed by atoms with Crippen molar-refractivity contribution in [3.63, 3.8) is 0 Å². The third kappa shape index (κ3) is 6.64. The van der Waals surface area contributed by atoms with Crippen molar-refractivity contribution >= 4 is 46.2 Å². The Labute approximate surface area is 252 Å². The van der Waals surface area contributed by atoms with E-state index < -0.39 is 41.8 Å². The molecule has 5 rings (SSSR count). The number of fused-ring (bicyclic) bond motifs is 1. The highest BCUT2D eigenvalue weighted by Gasteiger charge is 2.38. The lowest BCUT2D eigenvalue weighted by Gasteiger charge is -2.28. The molecule has 2 aromatic carbocycles. The number of furan rings is 1. The fraction of sp³-hybridized carbons (Fsp3) is 0.281. The van der Waals surface area contributed by atoms with E-state index >= 15 is 0 Å². The van der Waals surface area contributed by atoms with Crippen molar-refractivity contribution in [3.8, 4) is 11.3 Å². The Morgan fingerprint density at radius 1 is 1.02 bits per heavy atom. The molecular weight excluding hydrogens is 566 g/mol. The summed E-state index contributed by atoms with van der Waals surface area (Å²) in [5.41, 5.74) is 2.94. The van der Waals surface area contributed by atoms with Gasteiger partial charge in [0.05, 0.1) is 0 Å². The first-order valence-electron chi connectivity index (χ1n) is 14.3. The highest BCUT2D eigenvalue weighted by molar-refractivity contribution is 5.97. The number of benzene rings is 2. The quantitative estimate of drug-likeness (QED) is 0.186. The highest BCUT2D eigenvalue weighted by Crippen LogP contribution is 2.25. The zero-order valence-corrected chi connectivity index (χ0v) is 24.3. The number of anilines is 1. The van der Waals surface area contributed by atoms with Crippen molar-refractivity contribution in [2.24, 2.45) is 0 Å². The molecule has 0 spiro atoms. The van der Waals surface area contributed by atoms with E-state index in [-0.39, 0.29) is 18.1 Å². The molecule has 0 radical (unpaired) electrons. The predicted octanol–water partition coefficient (Wildman–Crippen LogP) is 3.31. The van der Waals surface area contributed by atoms with Crippen LogP contribution in [0.4, 0.5) is 5.69 Å². The number of aromatic nitrogens is 1. The van der Waals surface area contributed by atoms with E-state index in [4.69, 9.17) is 4.42 Å². The van der Waals surface area contributed by atoms with Crippen molar-refractivity contribution in [1.82, 2.24) is 20.5 Å². The average molecular weight is 600 g/mol. The van der Waals surface area contributed by atoms with Crippen LogP contribution in [0.3, 0.4) is 0 Å². The van der Waals surface area contributed by atoms with Crippen molar-refractivity contribution in [2.45, 2.75) is 51.2 Å². The molecule has 1 fully saturated rings. The maximum absolute atomic E-state index is 13.3. The smallest absolute Gasteiger partial charge is 0.326 e. The van der Waals surface area contributed by atoms with Gasteiger partial charge in [0.15, 0.2) is 5.76 Å². The van der Waals surface area contributed by atoms with Crippen LogP contribution < -0.4 is 16.0 Å². The summed E-state index contributed by atoms with van der Waals surface area (Å²) in [6, 6.07) is 14.5. The third-order valence-corrected chi connectivity index (χ3v) is 7.59. The van der Waals surface area contributed by atoms with E-state index in [9.17, 15) is 29.1 Å². The molecule has 0 saturated carbocycles. The number of carboxylic acids is 1. The molecule has 1 aliphatic heterocycles. The van der Waals surface area contributed by atoms with E-state index in [0.29, 0.717) is 36.4 Å². The molecule has 3 heterocycles. The van der Waals surface area contributed by atoms with Gasteiger partial charge in [-0.2, -0.15) is 0 Å². The molecule has 1 saturated heterocycles. The molecule has 4 aromatic rings. The zero-order chi connectivity index (χ0) is 31.4. The minimum atomic E-state index is -1.19. The summed E-state index contributed by atoms with van der Waals surface area (Å²) in [7, 11) is 0. The lowest BCUT2D eigenvalue weighted by molar-refractivity contribution is -0.144. The molecule has 12 heteroatoms. The molecule has 0 unspecified atom stereocenters. The van der Waals surface area contributed by atoms with Gasteiger partial charge >= 0.3 is 5.97 Å². The zero-order valence-electron chi connectivity index (χ0n) is 24.3. The largest absolute Gasteiger partial charge is 0.480 e. The van der Waals surface area contributed by atoms with Crippen LogP contribution in [0.1, 0.15) is 42.8 Å². The Morgan fingerprint density at radius 3 is 2.50 bits per heavy atom. The van der Waals surface area contributed by atoms with Gasteiger partial charge in [-0.25, -0.2) is 4.79 Å². The first kappa shape index (κ1) is 30.1. The molecule has 228 valence electrons. The van der Waals surface area contributed by atoms with Gasteiger partial charge in [-0.3, -0.25) is 19.2 Å². The van der Waals surface area contributed by atoms with Crippen LogP contribution in [0.2, 0.25) is 0 Å². The van der Waals surface area contributed by atoms with Gasteiger partial charge in [0, 0.05) is 48.2 Å². The third-order valence-electron chi connectivity index (χ3n) is 7.59. The fourth-order valence-electron chi connectivity index (χ4n) is 5.41. The number of aromatic amines is 1. The molecule has 5 N–H and O–H groups in total. The summed E-state index contributed by atoms with van der Waals surface area (Å²) in [6.07, 6.45) is 2.74. The normalized spacial score (nSPS) is 15.9. The van der Waals surface area contributed by atoms with Crippen LogP contribution in [0.5, 0.6) is 0 Å². The fourth-order valence-corrected chi connectivity index (χ4v) is 5.41. The number of aliphatic carboxylic acids is 1. The van der Waals surface area contributed by atoms with Crippen LogP contribution in [-0.4, -0.2) is 69.3 Å².